The van der Waals surface area contributed by atoms with Gasteiger partial charge in [0.1, 0.15) is 5.56 Å². The molecule has 1 heterocycles. The summed E-state index contributed by atoms with van der Waals surface area (Å²) in [6.07, 6.45) is 4.48. The summed E-state index contributed by atoms with van der Waals surface area (Å²) >= 11 is 0. The number of rotatable bonds is 6. The van der Waals surface area contributed by atoms with E-state index in [-0.39, 0.29) is 28.7 Å². The third-order valence-electron chi connectivity index (χ3n) is 6.76. The number of amides is 3. The Morgan fingerprint density at radius 3 is 2.00 bits per heavy atom. The second-order valence-electron chi connectivity index (χ2n) is 8.51. The van der Waals surface area contributed by atoms with Crippen LogP contribution in [0, 0.1) is 43.9 Å². The summed E-state index contributed by atoms with van der Waals surface area (Å²) in [6, 6.07) is 10.8. The number of imide groups is 1. The molecule has 11 nitrogen and oxygen atoms in total. The molecule has 3 amide bonds. The first-order valence-electron chi connectivity index (χ1n) is 10.6. The molecule has 34 heavy (non-hydrogen) atoms. The maximum absolute atomic E-state index is 13.6. The lowest BCUT2D eigenvalue weighted by Crippen LogP contribution is -2.50. The van der Waals surface area contributed by atoms with Gasteiger partial charge in [0.2, 0.25) is 0 Å². The van der Waals surface area contributed by atoms with E-state index in [9.17, 15) is 34.6 Å². The first kappa shape index (κ1) is 21.4. The lowest BCUT2D eigenvalue weighted by atomic mass is 9.85. The lowest BCUT2D eigenvalue weighted by molar-refractivity contribution is -0.385. The summed E-state index contributed by atoms with van der Waals surface area (Å²) in [5.41, 5.74) is -1.05. The molecule has 2 fully saturated rings. The summed E-state index contributed by atoms with van der Waals surface area (Å²) in [7, 11) is 0. The highest BCUT2D eigenvalue weighted by Gasteiger charge is 2.61. The van der Waals surface area contributed by atoms with Gasteiger partial charge in [0, 0.05) is 12.1 Å². The molecule has 2 bridgehead atoms. The lowest BCUT2D eigenvalue weighted by Gasteiger charge is -2.31. The number of fused-ring (bicyclic) bond motifs is 5. The van der Waals surface area contributed by atoms with Crippen LogP contribution in [0.1, 0.15) is 22.3 Å². The van der Waals surface area contributed by atoms with Crippen molar-refractivity contribution in [2.75, 3.05) is 0 Å². The van der Waals surface area contributed by atoms with Gasteiger partial charge in [-0.2, -0.15) is 5.01 Å². The molecule has 2 aromatic carbocycles. The van der Waals surface area contributed by atoms with Crippen molar-refractivity contribution in [3.8, 4) is 0 Å². The van der Waals surface area contributed by atoms with E-state index in [1.54, 1.807) is 0 Å². The Morgan fingerprint density at radius 1 is 0.882 bits per heavy atom. The molecule has 1 saturated carbocycles. The van der Waals surface area contributed by atoms with Crippen molar-refractivity contribution < 1.29 is 24.2 Å². The first-order chi connectivity index (χ1) is 16.3. The van der Waals surface area contributed by atoms with E-state index in [1.165, 1.54) is 42.5 Å². The summed E-state index contributed by atoms with van der Waals surface area (Å²) in [5, 5.41) is 24.7. The predicted molar refractivity (Wildman–Crippen MR) is 116 cm³/mol. The summed E-state index contributed by atoms with van der Waals surface area (Å²) in [4.78, 5) is 62.2. The smallest absolute Gasteiger partial charge is 0.272 e. The van der Waals surface area contributed by atoms with Gasteiger partial charge in [-0.1, -0.05) is 42.5 Å². The van der Waals surface area contributed by atoms with Gasteiger partial charge in [-0.05, 0) is 24.3 Å². The van der Waals surface area contributed by atoms with Crippen molar-refractivity contribution in [2.24, 2.45) is 23.7 Å². The van der Waals surface area contributed by atoms with Crippen molar-refractivity contribution in [3.05, 3.63) is 92.0 Å². The van der Waals surface area contributed by atoms with E-state index in [0.29, 0.717) is 6.42 Å². The average Bonchev–Trinajstić information content (AvgIpc) is 3.51. The topological polar surface area (TPSA) is 144 Å². The van der Waals surface area contributed by atoms with Crippen molar-refractivity contribution in [1.29, 1.82) is 0 Å². The number of nitro benzene ring substituents is 2. The number of allylic oxidation sites excluding steroid dienone is 2. The van der Waals surface area contributed by atoms with Gasteiger partial charge < -0.3 is 0 Å². The molecule has 3 aliphatic rings. The number of nitrogens with zero attached hydrogens (tertiary/aromatic N) is 4. The van der Waals surface area contributed by atoms with Crippen LogP contribution in [0.2, 0.25) is 0 Å². The summed E-state index contributed by atoms with van der Waals surface area (Å²) < 4.78 is 0. The monoisotopic (exact) mass is 462 g/mol. The number of hydrazine groups is 1. The molecule has 0 unspecified atom stereocenters. The highest BCUT2D eigenvalue weighted by Crippen LogP contribution is 2.53. The molecule has 2 aliphatic carbocycles. The maximum Gasteiger partial charge on any atom is 0.282 e. The Hall–Kier alpha value is -4.41. The summed E-state index contributed by atoms with van der Waals surface area (Å²) in [5.74, 6) is -3.58. The van der Waals surface area contributed by atoms with Crippen LogP contribution in [0.15, 0.2) is 60.7 Å². The van der Waals surface area contributed by atoms with Gasteiger partial charge >= 0.3 is 0 Å². The van der Waals surface area contributed by atoms with Gasteiger partial charge in [-0.15, -0.1) is 0 Å². The minimum Gasteiger partial charge on any atom is -0.272 e. The molecule has 1 aliphatic heterocycles. The van der Waals surface area contributed by atoms with Gasteiger partial charge in [0.05, 0.1) is 33.8 Å². The Balaban J connectivity index is 1.60. The minimum atomic E-state index is -0.965. The number of hydrogen-bond donors (Lipinski definition) is 0. The van der Waals surface area contributed by atoms with E-state index in [1.807, 2.05) is 12.2 Å². The minimum absolute atomic E-state index is 0.0817. The van der Waals surface area contributed by atoms with Crippen LogP contribution in [-0.2, 0) is 16.1 Å². The van der Waals surface area contributed by atoms with E-state index in [2.05, 4.69) is 0 Å². The third-order valence-corrected chi connectivity index (χ3v) is 6.76. The molecule has 4 atom stereocenters. The van der Waals surface area contributed by atoms with Gasteiger partial charge in [-0.25, -0.2) is 5.01 Å². The van der Waals surface area contributed by atoms with Crippen LogP contribution in [0.4, 0.5) is 11.4 Å². The van der Waals surface area contributed by atoms with Crippen molar-refractivity contribution in [1.82, 2.24) is 10.0 Å². The van der Waals surface area contributed by atoms with Crippen LogP contribution in [0.3, 0.4) is 0 Å². The van der Waals surface area contributed by atoms with E-state index >= 15 is 0 Å². The molecule has 172 valence electrons. The van der Waals surface area contributed by atoms with Gasteiger partial charge in [0.25, 0.3) is 29.1 Å². The van der Waals surface area contributed by atoms with Crippen molar-refractivity contribution in [3.63, 3.8) is 0 Å². The Morgan fingerprint density at radius 2 is 1.41 bits per heavy atom. The number of nitro groups is 2. The molecule has 1 saturated heterocycles. The van der Waals surface area contributed by atoms with Gasteiger partial charge in [0.15, 0.2) is 0 Å². The van der Waals surface area contributed by atoms with Crippen LogP contribution >= 0.6 is 0 Å². The van der Waals surface area contributed by atoms with E-state index < -0.39 is 51.6 Å². The van der Waals surface area contributed by atoms with Crippen LogP contribution < -0.4 is 0 Å². The van der Waals surface area contributed by atoms with Crippen molar-refractivity contribution >= 4 is 29.1 Å². The fourth-order valence-corrected chi connectivity index (χ4v) is 5.29. The zero-order chi connectivity index (χ0) is 24.1. The number of carbonyl (C=O) groups excluding carboxylic acids is 3. The quantitative estimate of drug-likeness (QED) is 0.278. The van der Waals surface area contributed by atoms with Crippen LogP contribution in [0.25, 0.3) is 0 Å². The first-order valence-corrected chi connectivity index (χ1v) is 10.6. The molecule has 2 aromatic rings. The molecule has 11 heteroatoms. The molecule has 0 spiro atoms. The SMILES string of the molecule is O=C(c1ccccc1[N+](=O)[O-])N(Cc1ccccc1[N+](=O)[O-])N1C(=O)[C@H]2[C@H](C1=O)[C@H]1C=C[C@H]2C1. The van der Waals surface area contributed by atoms with E-state index in [4.69, 9.17) is 0 Å². The average molecular weight is 462 g/mol. The summed E-state index contributed by atoms with van der Waals surface area (Å²) in [6.45, 7) is -0.484. The third kappa shape index (κ3) is 3.16. The Kier molecular flexibility index (Phi) is 4.96. The molecule has 0 aromatic heterocycles. The molecule has 5 rings (SSSR count). The van der Waals surface area contributed by atoms with E-state index in [0.717, 1.165) is 16.1 Å². The van der Waals surface area contributed by atoms with Crippen molar-refractivity contribution in [2.45, 2.75) is 13.0 Å². The predicted octanol–water partition coefficient (Wildman–Crippen LogP) is 2.87. The zero-order valence-corrected chi connectivity index (χ0v) is 17.6. The highest BCUT2D eigenvalue weighted by molar-refractivity contribution is 6.09. The standard InChI is InChI=1S/C23H18N4O7/c28-21(16-6-2-4-8-18(16)27(33)34)24(12-15-5-1-3-7-17(15)26(31)32)25-22(29)19-13-9-10-14(11-13)20(19)23(25)30/h1-10,13-14,19-20H,11-12H2/t13-,14-,19+,20+/m0/s1. The second kappa shape index (κ2) is 7.87. The zero-order valence-electron chi connectivity index (χ0n) is 17.6. The molecular weight excluding hydrogens is 444 g/mol. The Labute approximate surface area is 192 Å². The Bertz CT molecular complexity index is 1260. The normalized spacial score (nSPS) is 24.4. The fraction of sp³-hybridized carbons (Fsp3) is 0.261. The maximum atomic E-state index is 13.6. The molecule has 0 N–H and O–H groups in total. The number of para-hydroxylation sites is 2. The molecular formula is C23H18N4O7. The number of hydrogen-bond acceptors (Lipinski definition) is 7. The van der Waals surface area contributed by atoms with Crippen LogP contribution in [0.5, 0.6) is 0 Å². The number of benzene rings is 2. The second-order valence-corrected chi connectivity index (χ2v) is 8.51. The highest BCUT2D eigenvalue weighted by atomic mass is 16.6. The largest absolute Gasteiger partial charge is 0.282 e. The fourth-order valence-electron chi connectivity index (χ4n) is 5.29. The number of carbonyl (C=O) groups is 3. The molecule has 0 radical (unpaired) electrons. The van der Waals surface area contributed by atoms with Crippen LogP contribution in [-0.4, -0.2) is 37.6 Å². The van der Waals surface area contributed by atoms with Gasteiger partial charge in [-0.3, -0.25) is 34.6 Å².